The maximum absolute atomic E-state index is 12.2. The van der Waals surface area contributed by atoms with Gasteiger partial charge in [0.2, 0.25) is 0 Å². The number of hydrogen-bond acceptors (Lipinski definition) is 4. The molecule has 4 heteroatoms. The lowest BCUT2D eigenvalue weighted by Gasteiger charge is -2.09. The van der Waals surface area contributed by atoms with Crippen molar-refractivity contribution in [3.63, 3.8) is 0 Å². The molecule has 0 aliphatic rings. The van der Waals surface area contributed by atoms with Crippen molar-refractivity contribution in [3.8, 4) is 11.5 Å². The van der Waals surface area contributed by atoms with E-state index in [1.165, 1.54) is 19.1 Å². The minimum Gasteiger partial charge on any atom is -0.423 e. The van der Waals surface area contributed by atoms with Gasteiger partial charge in [0.15, 0.2) is 0 Å². The quantitative estimate of drug-likeness (QED) is 0.490. The van der Waals surface area contributed by atoms with Crippen LogP contribution in [0.4, 0.5) is 0 Å². The molecule has 0 saturated carbocycles. The second-order valence-corrected chi connectivity index (χ2v) is 4.37. The molecule has 0 heterocycles. The number of para-hydroxylation sites is 2. The van der Waals surface area contributed by atoms with Crippen molar-refractivity contribution in [2.45, 2.75) is 6.92 Å². The van der Waals surface area contributed by atoms with Gasteiger partial charge in [-0.3, -0.25) is 0 Å². The van der Waals surface area contributed by atoms with Gasteiger partial charge in [-0.1, -0.05) is 36.9 Å². The minimum atomic E-state index is -0.591. The van der Waals surface area contributed by atoms with Crippen molar-refractivity contribution >= 4 is 11.9 Å². The molecule has 0 radical (unpaired) electrons. The Morgan fingerprint density at radius 1 is 0.905 bits per heavy atom. The van der Waals surface area contributed by atoms with Crippen molar-refractivity contribution in [1.29, 1.82) is 0 Å². The first kappa shape index (κ1) is 14.5. The number of carbonyl (C=O) groups excluding carboxylic acids is 2. The second-order valence-electron chi connectivity index (χ2n) is 4.37. The summed E-state index contributed by atoms with van der Waals surface area (Å²) in [6, 6.07) is 15.1. The Morgan fingerprint density at radius 3 is 2.19 bits per heavy atom. The van der Waals surface area contributed by atoms with E-state index in [0.29, 0.717) is 5.75 Å². The first-order chi connectivity index (χ1) is 10.1. The number of hydrogen-bond donors (Lipinski definition) is 0. The fourth-order valence-corrected chi connectivity index (χ4v) is 1.56. The smallest absolute Gasteiger partial charge is 0.347 e. The van der Waals surface area contributed by atoms with Crippen LogP contribution in [0.1, 0.15) is 17.3 Å². The van der Waals surface area contributed by atoms with Crippen LogP contribution >= 0.6 is 0 Å². The summed E-state index contributed by atoms with van der Waals surface area (Å²) >= 11 is 0. The van der Waals surface area contributed by atoms with Crippen LogP contribution in [0.15, 0.2) is 66.7 Å². The maximum Gasteiger partial charge on any atom is 0.347 e. The monoisotopic (exact) mass is 282 g/mol. The van der Waals surface area contributed by atoms with E-state index in [2.05, 4.69) is 6.58 Å². The molecule has 0 fully saturated rings. The minimum absolute atomic E-state index is 0.145. The molecule has 0 N–H and O–H groups in total. The summed E-state index contributed by atoms with van der Waals surface area (Å²) in [5.41, 5.74) is 0.428. The molecule has 2 aromatic carbocycles. The number of rotatable bonds is 4. The van der Waals surface area contributed by atoms with Crippen molar-refractivity contribution in [2.24, 2.45) is 0 Å². The van der Waals surface area contributed by atoms with E-state index in [0.717, 1.165) is 0 Å². The number of esters is 2. The van der Waals surface area contributed by atoms with Gasteiger partial charge in [0.25, 0.3) is 0 Å². The lowest BCUT2D eigenvalue weighted by Crippen LogP contribution is -2.14. The zero-order valence-corrected chi connectivity index (χ0v) is 11.5. The second kappa shape index (κ2) is 6.52. The van der Waals surface area contributed by atoms with Gasteiger partial charge in [0.1, 0.15) is 17.1 Å². The van der Waals surface area contributed by atoms with Crippen LogP contribution in [0.5, 0.6) is 11.5 Å². The van der Waals surface area contributed by atoms with Crippen LogP contribution in [0.25, 0.3) is 0 Å². The molecule has 106 valence electrons. The highest BCUT2D eigenvalue weighted by Gasteiger charge is 2.17. The van der Waals surface area contributed by atoms with Crippen molar-refractivity contribution in [2.75, 3.05) is 0 Å². The van der Waals surface area contributed by atoms with Crippen LogP contribution in [0.2, 0.25) is 0 Å². The third kappa shape index (κ3) is 3.79. The van der Waals surface area contributed by atoms with Gasteiger partial charge in [-0.15, -0.1) is 0 Å². The zero-order valence-electron chi connectivity index (χ0n) is 11.5. The summed E-state index contributed by atoms with van der Waals surface area (Å²) in [6.07, 6.45) is 0. The highest BCUT2D eigenvalue weighted by atomic mass is 16.5. The molecule has 0 aromatic heterocycles. The molecular weight excluding hydrogens is 268 g/mol. The first-order valence-corrected chi connectivity index (χ1v) is 6.32. The van der Waals surface area contributed by atoms with Gasteiger partial charge in [0, 0.05) is 5.57 Å². The summed E-state index contributed by atoms with van der Waals surface area (Å²) in [5, 5.41) is 0. The molecule has 0 spiro atoms. The molecule has 0 atom stereocenters. The molecule has 0 saturated heterocycles. The third-order valence-electron chi connectivity index (χ3n) is 2.61. The molecule has 2 aromatic rings. The van der Waals surface area contributed by atoms with Gasteiger partial charge in [-0.05, 0) is 31.2 Å². The summed E-state index contributed by atoms with van der Waals surface area (Å²) in [7, 11) is 0. The van der Waals surface area contributed by atoms with Gasteiger partial charge in [-0.25, -0.2) is 9.59 Å². The number of ether oxygens (including phenoxy) is 2. The van der Waals surface area contributed by atoms with Gasteiger partial charge < -0.3 is 9.47 Å². The number of benzene rings is 2. The number of carbonyl (C=O) groups is 2. The van der Waals surface area contributed by atoms with Crippen LogP contribution in [-0.2, 0) is 4.79 Å². The van der Waals surface area contributed by atoms with Crippen molar-refractivity contribution in [3.05, 3.63) is 72.3 Å². The van der Waals surface area contributed by atoms with Crippen LogP contribution in [0.3, 0.4) is 0 Å². The van der Waals surface area contributed by atoms with E-state index in [9.17, 15) is 9.59 Å². The van der Waals surface area contributed by atoms with Crippen LogP contribution < -0.4 is 9.47 Å². The Kier molecular flexibility index (Phi) is 4.51. The SMILES string of the molecule is C=C(C)C(=O)Oc1ccccc1C(=O)Oc1ccccc1. The standard InChI is InChI=1S/C17H14O4/c1-12(2)16(18)21-15-11-7-6-10-14(15)17(19)20-13-8-4-3-5-9-13/h3-11H,1H2,2H3. The van der Waals surface area contributed by atoms with Gasteiger partial charge in [-0.2, -0.15) is 0 Å². The molecular formula is C17H14O4. The highest BCUT2D eigenvalue weighted by Crippen LogP contribution is 2.21. The Balaban J connectivity index is 2.21. The van der Waals surface area contributed by atoms with E-state index < -0.39 is 11.9 Å². The molecule has 0 bridgehead atoms. The summed E-state index contributed by atoms with van der Waals surface area (Å²) in [6.45, 7) is 5.04. The van der Waals surface area contributed by atoms with E-state index in [1.54, 1.807) is 36.4 Å². The van der Waals surface area contributed by atoms with Gasteiger partial charge >= 0.3 is 11.9 Å². The van der Waals surface area contributed by atoms with E-state index in [4.69, 9.17) is 9.47 Å². The molecule has 0 aliphatic carbocycles. The van der Waals surface area contributed by atoms with Crippen molar-refractivity contribution < 1.29 is 19.1 Å². The molecule has 21 heavy (non-hydrogen) atoms. The zero-order chi connectivity index (χ0) is 15.2. The largest absolute Gasteiger partial charge is 0.423 e. The molecule has 0 amide bonds. The normalized spacial score (nSPS) is 9.76. The molecule has 0 unspecified atom stereocenters. The Bertz CT molecular complexity index is 674. The third-order valence-corrected chi connectivity index (χ3v) is 2.61. The average Bonchev–Trinajstić information content (AvgIpc) is 2.48. The highest BCUT2D eigenvalue weighted by molar-refractivity contribution is 5.96. The summed E-state index contributed by atoms with van der Waals surface area (Å²) < 4.78 is 10.4. The van der Waals surface area contributed by atoms with Crippen LogP contribution in [0, 0.1) is 0 Å². The lowest BCUT2D eigenvalue weighted by atomic mass is 10.2. The Labute approximate surface area is 122 Å². The summed E-state index contributed by atoms with van der Waals surface area (Å²) in [4.78, 5) is 23.7. The molecule has 2 rings (SSSR count). The molecule has 4 nitrogen and oxygen atoms in total. The maximum atomic E-state index is 12.2. The topological polar surface area (TPSA) is 52.6 Å². The van der Waals surface area contributed by atoms with Crippen LogP contribution in [-0.4, -0.2) is 11.9 Å². The predicted octanol–water partition coefficient (Wildman–Crippen LogP) is 3.39. The summed E-state index contributed by atoms with van der Waals surface area (Å²) in [5.74, 6) is -0.615. The van der Waals surface area contributed by atoms with Crippen molar-refractivity contribution in [1.82, 2.24) is 0 Å². The lowest BCUT2D eigenvalue weighted by molar-refractivity contribution is -0.130. The molecule has 0 aliphatic heterocycles. The average molecular weight is 282 g/mol. The van der Waals surface area contributed by atoms with E-state index in [-0.39, 0.29) is 16.9 Å². The fourth-order valence-electron chi connectivity index (χ4n) is 1.56. The Hall–Kier alpha value is -2.88. The van der Waals surface area contributed by atoms with Gasteiger partial charge in [0.05, 0.1) is 0 Å². The fraction of sp³-hybridized carbons (Fsp3) is 0.0588. The van der Waals surface area contributed by atoms with E-state index in [1.807, 2.05) is 6.07 Å². The predicted molar refractivity (Wildman–Crippen MR) is 78.3 cm³/mol. The first-order valence-electron chi connectivity index (χ1n) is 6.32. The van der Waals surface area contributed by atoms with E-state index >= 15 is 0 Å². The Morgan fingerprint density at radius 2 is 1.52 bits per heavy atom.